The first-order chi connectivity index (χ1) is 11.8. The zero-order valence-electron chi connectivity index (χ0n) is 12.9. The molecule has 112 valence electrons. The smallest absolute Gasteiger partial charge is 0.195 e. The molecule has 0 aliphatic heterocycles. The standard InChI is InChI=1S/C22H13NO/c23-14-20(15-8-2-1-3-9-15)21-18-12-6-4-10-16(18)17-11-5-7-13-19(17)22(21)24/h1-13H. The van der Waals surface area contributed by atoms with E-state index < -0.39 is 0 Å². The van der Waals surface area contributed by atoms with Crippen LogP contribution in [0.4, 0.5) is 0 Å². The zero-order valence-corrected chi connectivity index (χ0v) is 12.9. The van der Waals surface area contributed by atoms with Crippen molar-refractivity contribution in [2.45, 2.75) is 0 Å². The highest BCUT2D eigenvalue weighted by molar-refractivity contribution is 6.40. The van der Waals surface area contributed by atoms with Gasteiger partial charge in [-0.05, 0) is 22.3 Å². The highest BCUT2D eigenvalue weighted by Crippen LogP contribution is 2.41. The van der Waals surface area contributed by atoms with Crippen LogP contribution in [0.3, 0.4) is 0 Å². The summed E-state index contributed by atoms with van der Waals surface area (Å²) in [5.74, 6) is -0.0929. The van der Waals surface area contributed by atoms with Crippen LogP contribution >= 0.6 is 0 Å². The van der Waals surface area contributed by atoms with E-state index in [0.29, 0.717) is 16.7 Å². The van der Waals surface area contributed by atoms with Crippen molar-refractivity contribution in [3.05, 3.63) is 95.6 Å². The van der Waals surface area contributed by atoms with E-state index in [-0.39, 0.29) is 5.78 Å². The van der Waals surface area contributed by atoms with Crippen LogP contribution in [0, 0.1) is 11.3 Å². The fraction of sp³-hybridized carbons (Fsp3) is 0. The molecule has 0 aromatic heterocycles. The molecule has 4 rings (SSSR count). The lowest BCUT2D eigenvalue weighted by Crippen LogP contribution is -2.13. The number of nitrogens with zero attached hydrogens (tertiary/aromatic N) is 1. The molecule has 2 nitrogen and oxygen atoms in total. The number of rotatable bonds is 1. The third-order valence-corrected chi connectivity index (χ3v) is 4.31. The van der Waals surface area contributed by atoms with E-state index in [1.165, 1.54) is 0 Å². The van der Waals surface area contributed by atoms with Crippen molar-refractivity contribution in [3.8, 4) is 17.2 Å². The summed E-state index contributed by atoms with van der Waals surface area (Å²) >= 11 is 0. The fourth-order valence-corrected chi connectivity index (χ4v) is 3.23. The molecule has 24 heavy (non-hydrogen) atoms. The third-order valence-electron chi connectivity index (χ3n) is 4.31. The number of carbonyl (C=O) groups is 1. The molecule has 0 unspecified atom stereocenters. The molecule has 0 N–H and O–H groups in total. The summed E-state index contributed by atoms with van der Waals surface area (Å²) in [6.07, 6.45) is 0. The van der Waals surface area contributed by atoms with Crippen LogP contribution in [0.2, 0.25) is 0 Å². The van der Waals surface area contributed by atoms with Crippen molar-refractivity contribution >= 4 is 16.9 Å². The summed E-state index contributed by atoms with van der Waals surface area (Å²) in [5, 5.41) is 9.76. The Labute approximate surface area is 140 Å². The Balaban J connectivity index is 2.09. The second-order valence-corrected chi connectivity index (χ2v) is 5.65. The van der Waals surface area contributed by atoms with Gasteiger partial charge in [0.1, 0.15) is 6.07 Å². The van der Waals surface area contributed by atoms with Gasteiger partial charge in [-0.15, -0.1) is 0 Å². The number of nitriles is 1. The summed E-state index contributed by atoms with van der Waals surface area (Å²) in [6.45, 7) is 0. The number of benzene rings is 3. The molecule has 0 heterocycles. The lowest BCUT2D eigenvalue weighted by atomic mass is 9.79. The second-order valence-electron chi connectivity index (χ2n) is 5.65. The van der Waals surface area contributed by atoms with E-state index in [4.69, 9.17) is 0 Å². The molecule has 3 aromatic carbocycles. The highest BCUT2D eigenvalue weighted by atomic mass is 16.1. The maximum absolute atomic E-state index is 13.1. The predicted molar refractivity (Wildman–Crippen MR) is 95.1 cm³/mol. The topological polar surface area (TPSA) is 40.9 Å². The molecule has 1 aliphatic rings. The fourth-order valence-electron chi connectivity index (χ4n) is 3.23. The van der Waals surface area contributed by atoms with Crippen LogP contribution in [0.1, 0.15) is 21.5 Å². The average Bonchev–Trinajstić information content (AvgIpc) is 2.66. The Kier molecular flexibility index (Phi) is 3.33. The van der Waals surface area contributed by atoms with E-state index >= 15 is 0 Å². The van der Waals surface area contributed by atoms with Crippen molar-refractivity contribution in [3.63, 3.8) is 0 Å². The number of Topliss-reactive ketones (excluding diaryl/α,β-unsaturated/α-hetero) is 1. The Hall–Kier alpha value is -3.44. The van der Waals surface area contributed by atoms with Gasteiger partial charge in [0.2, 0.25) is 0 Å². The molecule has 0 radical (unpaired) electrons. The summed E-state index contributed by atoms with van der Waals surface area (Å²) in [4.78, 5) is 13.1. The number of carbonyl (C=O) groups excluding carboxylic acids is 1. The van der Waals surface area contributed by atoms with Gasteiger partial charge in [0.05, 0.1) is 5.57 Å². The summed E-state index contributed by atoms with van der Waals surface area (Å²) in [7, 11) is 0. The maximum Gasteiger partial charge on any atom is 0.195 e. The Morgan fingerprint density at radius 3 is 1.79 bits per heavy atom. The zero-order chi connectivity index (χ0) is 16.5. The SMILES string of the molecule is N#CC(=C1C(=O)c2ccccc2-c2ccccc21)c1ccccc1. The van der Waals surface area contributed by atoms with Gasteiger partial charge >= 0.3 is 0 Å². The first-order valence-electron chi connectivity index (χ1n) is 7.74. The van der Waals surface area contributed by atoms with Crippen LogP contribution in [-0.4, -0.2) is 5.78 Å². The van der Waals surface area contributed by atoms with E-state index in [1.807, 2.05) is 78.9 Å². The molecule has 0 amide bonds. The normalized spacial score (nSPS) is 14.4. The molecular formula is C22H13NO. The molecule has 0 saturated heterocycles. The van der Waals surface area contributed by atoms with Crippen LogP contribution in [0.25, 0.3) is 22.3 Å². The van der Waals surface area contributed by atoms with E-state index in [0.717, 1.165) is 22.3 Å². The van der Waals surface area contributed by atoms with E-state index in [9.17, 15) is 10.1 Å². The van der Waals surface area contributed by atoms with Gasteiger partial charge in [-0.2, -0.15) is 5.26 Å². The largest absolute Gasteiger partial charge is 0.289 e. The Morgan fingerprint density at radius 1 is 0.667 bits per heavy atom. The molecule has 3 aromatic rings. The number of hydrogen-bond donors (Lipinski definition) is 0. The molecule has 0 atom stereocenters. The van der Waals surface area contributed by atoms with Gasteiger partial charge in [-0.1, -0.05) is 78.9 Å². The molecule has 0 bridgehead atoms. The van der Waals surface area contributed by atoms with Crippen LogP contribution in [-0.2, 0) is 0 Å². The number of fused-ring (bicyclic) bond motifs is 3. The molecule has 0 fully saturated rings. The first-order valence-corrected chi connectivity index (χ1v) is 7.74. The minimum absolute atomic E-state index is 0.0929. The van der Waals surface area contributed by atoms with Crippen molar-refractivity contribution in [1.29, 1.82) is 5.26 Å². The van der Waals surface area contributed by atoms with Gasteiger partial charge in [0.15, 0.2) is 5.78 Å². The quantitative estimate of drug-likeness (QED) is 0.469. The number of allylic oxidation sites excluding steroid dienone is 2. The minimum atomic E-state index is -0.0929. The van der Waals surface area contributed by atoms with Crippen molar-refractivity contribution in [2.75, 3.05) is 0 Å². The summed E-state index contributed by atoms with van der Waals surface area (Å²) in [5.41, 5.74) is 5.05. The monoisotopic (exact) mass is 307 g/mol. The van der Waals surface area contributed by atoms with Crippen LogP contribution < -0.4 is 0 Å². The lowest BCUT2D eigenvalue weighted by Gasteiger charge is -2.22. The van der Waals surface area contributed by atoms with Crippen molar-refractivity contribution < 1.29 is 4.79 Å². The lowest BCUT2D eigenvalue weighted by molar-refractivity contribution is 0.105. The van der Waals surface area contributed by atoms with Gasteiger partial charge in [-0.3, -0.25) is 4.79 Å². The molecular weight excluding hydrogens is 294 g/mol. The Bertz CT molecular complexity index is 1020. The van der Waals surface area contributed by atoms with Crippen LogP contribution in [0.15, 0.2) is 78.9 Å². The minimum Gasteiger partial charge on any atom is -0.289 e. The molecule has 2 heteroatoms. The van der Waals surface area contributed by atoms with E-state index in [1.54, 1.807) is 0 Å². The highest BCUT2D eigenvalue weighted by Gasteiger charge is 2.29. The first kappa shape index (κ1) is 14.2. The second kappa shape index (κ2) is 5.64. The predicted octanol–water partition coefficient (Wildman–Crippen LogP) is 4.98. The van der Waals surface area contributed by atoms with Gasteiger partial charge in [0, 0.05) is 11.1 Å². The molecule has 0 spiro atoms. The van der Waals surface area contributed by atoms with Crippen LogP contribution in [0.5, 0.6) is 0 Å². The third kappa shape index (κ3) is 2.07. The average molecular weight is 307 g/mol. The molecule has 0 saturated carbocycles. The number of ketones is 1. The summed E-state index contributed by atoms with van der Waals surface area (Å²) in [6, 6.07) is 27.0. The van der Waals surface area contributed by atoms with Gasteiger partial charge < -0.3 is 0 Å². The summed E-state index contributed by atoms with van der Waals surface area (Å²) < 4.78 is 0. The Morgan fingerprint density at radius 2 is 1.17 bits per heavy atom. The van der Waals surface area contributed by atoms with Crippen molar-refractivity contribution in [1.82, 2.24) is 0 Å². The van der Waals surface area contributed by atoms with Gasteiger partial charge in [0.25, 0.3) is 0 Å². The van der Waals surface area contributed by atoms with E-state index in [2.05, 4.69) is 6.07 Å². The van der Waals surface area contributed by atoms with Gasteiger partial charge in [-0.25, -0.2) is 0 Å². The number of hydrogen-bond acceptors (Lipinski definition) is 2. The maximum atomic E-state index is 13.1. The van der Waals surface area contributed by atoms with Crippen molar-refractivity contribution in [2.24, 2.45) is 0 Å². The molecule has 1 aliphatic carbocycles.